The molecule has 0 radical (unpaired) electrons. The summed E-state index contributed by atoms with van der Waals surface area (Å²) in [5.41, 5.74) is 5.91. The zero-order valence-electron chi connectivity index (χ0n) is 27.2. The van der Waals surface area contributed by atoms with Crippen LogP contribution >= 0.6 is 0 Å². The van der Waals surface area contributed by atoms with Crippen LogP contribution in [0.2, 0.25) is 0 Å². The number of ether oxygens (including phenoxy) is 2. The number of aliphatic hydroxyl groups excluding tert-OH is 1. The van der Waals surface area contributed by atoms with Gasteiger partial charge in [0.25, 0.3) is 0 Å². The third kappa shape index (κ3) is 7.65. The molecule has 4 aromatic rings. The van der Waals surface area contributed by atoms with Crippen molar-refractivity contribution in [2.45, 2.75) is 49.4 Å². The van der Waals surface area contributed by atoms with Gasteiger partial charge in [-0.25, -0.2) is 9.59 Å². The van der Waals surface area contributed by atoms with Gasteiger partial charge in [-0.2, -0.15) is 0 Å². The second kappa shape index (κ2) is 15.2. The normalized spacial score (nSPS) is 17.7. The monoisotopic (exact) mass is 661 g/mol. The third-order valence-electron chi connectivity index (χ3n) is 9.17. The maximum absolute atomic E-state index is 14.2. The van der Waals surface area contributed by atoms with Crippen molar-refractivity contribution in [3.05, 3.63) is 131 Å². The van der Waals surface area contributed by atoms with E-state index in [1.807, 2.05) is 97.1 Å². The first kappa shape index (κ1) is 33.4. The van der Waals surface area contributed by atoms with Crippen molar-refractivity contribution in [1.82, 2.24) is 15.5 Å². The molecule has 0 unspecified atom stereocenters. The first-order valence-electron chi connectivity index (χ1n) is 16.4. The Morgan fingerprint density at radius 3 is 1.86 bits per heavy atom. The summed E-state index contributed by atoms with van der Waals surface area (Å²) in [6.45, 7) is -0.0496. The molecule has 49 heavy (non-hydrogen) atoms. The lowest BCUT2D eigenvalue weighted by Gasteiger charge is -2.29. The summed E-state index contributed by atoms with van der Waals surface area (Å²) in [6.07, 6.45) is -1.46. The van der Waals surface area contributed by atoms with Crippen molar-refractivity contribution in [3.8, 4) is 11.1 Å². The Morgan fingerprint density at radius 1 is 0.755 bits per heavy atom. The number of carbonyl (C=O) groups is 4. The molecule has 6 rings (SSSR count). The SMILES string of the molecule is COC(=O)[C@H](Cc1ccccc1)NC(=O)[C@H]1C[C@@H](O)CN1C(=O)[C@H](Cc1ccccc1)NC(=O)OCC1c2ccccc2-c2ccccc21. The van der Waals surface area contributed by atoms with Crippen LogP contribution in [0.15, 0.2) is 109 Å². The van der Waals surface area contributed by atoms with E-state index in [1.54, 1.807) is 0 Å². The molecule has 0 spiro atoms. The van der Waals surface area contributed by atoms with Gasteiger partial charge in [-0.15, -0.1) is 0 Å². The van der Waals surface area contributed by atoms with Crippen LogP contribution < -0.4 is 10.6 Å². The van der Waals surface area contributed by atoms with E-state index in [0.717, 1.165) is 33.4 Å². The van der Waals surface area contributed by atoms with E-state index in [0.29, 0.717) is 0 Å². The predicted molar refractivity (Wildman–Crippen MR) is 182 cm³/mol. The molecule has 3 N–H and O–H groups in total. The molecule has 0 bridgehead atoms. The highest BCUT2D eigenvalue weighted by atomic mass is 16.5. The smallest absolute Gasteiger partial charge is 0.407 e. The average molecular weight is 662 g/mol. The number of nitrogens with one attached hydrogen (secondary N) is 2. The zero-order valence-corrected chi connectivity index (χ0v) is 27.2. The van der Waals surface area contributed by atoms with Crippen LogP contribution in [0.4, 0.5) is 4.79 Å². The van der Waals surface area contributed by atoms with Gasteiger partial charge >= 0.3 is 12.1 Å². The van der Waals surface area contributed by atoms with Gasteiger partial charge in [0, 0.05) is 31.7 Å². The maximum Gasteiger partial charge on any atom is 0.407 e. The lowest BCUT2D eigenvalue weighted by Crippen LogP contribution is -2.56. The molecule has 10 nitrogen and oxygen atoms in total. The number of hydrogen-bond donors (Lipinski definition) is 3. The van der Waals surface area contributed by atoms with E-state index < -0.39 is 48.1 Å². The number of nitrogens with zero attached hydrogens (tertiary/aromatic N) is 1. The minimum Gasteiger partial charge on any atom is -0.467 e. The molecule has 10 heteroatoms. The van der Waals surface area contributed by atoms with Gasteiger partial charge in [-0.05, 0) is 33.4 Å². The van der Waals surface area contributed by atoms with E-state index >= 15 is 0 Å². The molecular formula is C39H39N3O7. The predicted octanol–water partition coefficient (Wildman–Crippen LogP) is 4.00. The van der Waals surface area contributed by atoms with Crippen molar-refractivity contribution < 1.29 is 33.8 Å². The van der Waals surface area contributed by atoms with Crippen LogP contribution in [0.25, 0.3) is 11.1 Å². The number of methoxy groups -OCH3 is 1. The second-order valence-electron chi connectivity index (χ2n) is 12.4. The number of rotatable bonds is 11. The molecule has 4 atom stereocenters. The number of β-amino-alcohol motifs (C(OH)–C–C–N with tert-alkyl or cyclic N) is 1. The Kier molecular flexibility index (Phi) is 10.3. The number of hydrogen-bond acceptors (Lipinski definition) is 7. The Bertz CT molecular complexity index is 1750. The first-order valence-corrected chi connectivity index (χ1v) is 16.4. The Hall–Kier alpha value is -5.48. The molecular weight excluding hydrogens is 622 g/mol. The van der Waals surface area contributed by atoms with Gasteiger partial charge in [0.05, 0.1) is 13.2 Å². The fourth-order valence-corrected chi connectivity index (χ4v) is 6.79. The van der Waals surface area contributed by atoms with Crippen molar-refractivity contribution >= 4 is 23.9 Å². The summed E-state index contributed by atoms with van der Waals surface area (Å²) < 4.78 is 10.7. The number of fused-ring (bicyclic) bond motifs is 3. The van der Waals surface area contributed by atoms with E-state index in [4.69, 9.17) is 9.47 Å². The highest BCUT2D eigenvalue weighted by molar-refractivity contribution is 5.94. The lowest BCUT2D eigenvalue weighted by atomic mass is 9.98. The van der Waals surface area contributed by atoms with Crippen LogP contribution in [0, 0.1) is 0 Å². The quantitative estimate of drug-likeness (QED) is 0.207. The number of aliphatic hydroxyl groups is 1. The molecule has 1 aliphatic heterocycles. The highest BCUT2D eigenvalue weighted by Crippen LogP contribution is 2.44. The van der Waals surface area contributed by atoms with Crippen LogP contribution in [-0.4, -0.2) is 78.4 Å². The van der Waals surface area contributed by atoms with Crippen molar-refractivity contribution in [2.24, 2.45) is 0 Å². The Morgan fingerprint density at radius 2 is 1.29 bits per heavy atom. The molecule has 0 saturated carbocycles. The van der Waals surface area contributed by atoms with E-state index in [2.05, 4.69) is 22.8 Å². The fourth-order valence-electron chi connectivity index (χ4n) is 6.79. The number of esters is 1. The number of amides is 3. The van der Waals surface area contributed by atoms with Crippen molar-refractivity contribution in [2.75, 3.05) is 20.3 Å². The van der Waals surface area contributed by atoms with Crippen molar-refractivity contribution in [1.29, 1.82) is 0 Å². The Labute approximate surface area is 285 Å². The summed E-state index contributed by atoms with van der Waals surface area (Å²) in [4.78, 5) is 55.1. The first-order chi connectivity index (χ1) is 23.8. The van der Waals surface area contributed by atoms with E-state index in [1.165, 1.54) is 12.0 Å². The van der Waals surface area contributed by atoms with Gasteiger partial charge in [-0.3, -0.25) is 9.59 Å². The summed E-state index contributed by atoms with van der Waals surface area (Å²) >= 11 is 0. The van der Waals surface area contributed by atoms with Gasteiger partial charge in [0.2, 0.25) is 11.8 Å². The van der Waals surface area contributed by atoms with Gasteiger partial charge in [-0.1, -0.05) is 109 Å². The highest BCUT2D eigenvalue weighted by Gasteiger charge is 2.43. The molecule has 1 fully saturated rings. The van der Waals surface area contributed by atoms with Crippen LogP contribution in [0.5, 0.6) is 0 Å². The number of carbonyl (C=O) groups excluding carboxylic acids is 4. The minimum absolute atomic E-state index is 0.0280. The molecule has 0 aromatic heterocycles. The topological polar surface area (TPSA) is 134 Å². The van der Waals surface area contributed by atoms with Crippen LogP contribution in [0.1, 0.15) is 34.6 Å². The summed E-state index contributed by atoms with van der Waals surface area (Å²) in [6, 6.07) is 31.2. The molecule has 3 amide bonds. The summed E-state index contributed by atoms with van der Waals surface area (Å²) in [5.74, 6) is -1.95. The average Bonchev–Trinajstić information content (AvgIpc) is 3.68. The molecule has 1 saturated heterocycles. The Balaban J connectivity index is 1.17. The minimum atomic E-state index is -1.10. The molecule has 1 heterocycles. The fraction of sp³-hybridized carbons (Fsp3) is 0.282. The lowest BCUT2D eigenvalue weighted by molar-refractivity contribution is -0.146. The number of alkyl carbamates (subject to hydrolysis) is 1. The number of likely N-dealkylation sites (tertiary alicyclic amines) is 1. The summed E-state index contributed by atoms with van der Waals surface area (Å²) in [7, 11) is 1.24. The summed E-state index contributed by atoms with van der Waals surface area (Å²) in [5, 5.41) is 16.1. The largest absolute Gasteiger partial charge is 0.467 e. The van der Waals surface area contributed by atoms with Crippen LogP contribution in [0.3, 0.4) is 0 Å². The zero-order chi connectivity index (χ0) is 34.3. The number of benzene rings is 4. The third-order valence-corrected chi connectivity index (χ3v) is 9.17. The standard InChI is InChI=1S/C39H39N3O7/c1-48-38(46)34(21-26-14-6-3-7-15-26)40-36(44)35-22-27(43)23-42(35)37(45)33(20-25-12-4-2-5-13-25)41-39(47)49-24-32-30-18-10-8-16-28(30)29-17-9-11-19-31(29)32/h2-19,27,32-35,43H,20-24H2,1H3,(H,40,44)(H,41,47)/t27-,33+,34+,35-/m1/s1. The second-order valence-corrected chi connectivity index (χ2v) is 12.4. The molecule has 252 valence electrons. The molecule has 4 aromatic carbocycles. The van der Waals surface area contributed by atoms with Crippen LogP contribution in [-0.2, 0) is 36.7 Å². The molecule has 2 aliphatic rings. The van der Waals surface area contributed by atoms with E-state index in [-0.39, 0.29) is 38.3 Å². The maximum atomic E-state index is 14.2. The van der Waals surface area contributed by atoms with E-state index in [9.17, 15) is 24.3 Å². The van der Waals surface area contributed by atoms with Gasteiger partial charge < -0.3 is 30.1 Å². The van der Waals surface area contributed by atoms with Gasteiger partial charge in [0.1, 0.15) is 24.7 Å². The molecule has 1 aliphatic carbocycles. The van der Waals surface area contributed by atoms with Crippen molar-refractivity contribution in [3.63, 3.8) is 0 Å². The van der Waals surface area contributed by atoms with Gasteiger partial charge in [0.15, 0.2) is 0 Å².